The van der Waals surface area contributed by atoms with Gasteiger partial charge in [-0.2, -0.15) is 0 Å². The molecule has 1 N–H and O–H groups in total. The van der Waals surface area contributed by atoms with Crippen LogP contribution < -0.4 is 10.1 Å². The number of nitrogens with one attached hydrogen (secondary N) is 1. The van der Waals surface area contributed by atoms with Crippen molar-refractivity contribution in [1.29, 1.82) is 0 Å². The number of nitrogens with zero attached hydrogens (tertiary/aromatic N) is 2. The van der Waals surface area contributed by atoms with E-state index in [4.69, 9.17) is 4.74 Å². The summed E-state index contributed by atoms with van der Waals surface area (Å²) < 4.78 is 5.56. The van der Waals surface area contributed by atoms with Crippen molar-refractivity contribution in [3.63, 3.8) is 0 Å². The van der Waals surface area contributed by atoms with E-state index in [9.17, 15) is 0 Å². The topological polar surface area (TPSA) is 27.7 Å². The molecule has 1 atom stereocenters. The first-order chi connectivity index (χ1) is 11.8. The first-order valence-corrected chi connectivity index (χ1v) is 9.63. The monoisotopic (exact) mass is 331 g/mol. The van der Waals surface area contributed by atoms with Crippen LogP contribution in [0.3, 0.4) is 0 Å². The van der Waals surface area contributed by atoms with Gasteiger partial charge >= 0.3 is 0 Å². The second-order valence-corrected chi connectivity index (χ2v) is 7.12. The number of fused-ring (bicyclic) bond motifs is 1. The molecule has 4 heteroatoms. The Bertz CT molecular complexity index is 514. The molecule has 0 saturated carbocycles. The standard InChI is InChI=1S/C20H33N3O/c1-3-11-23(15-14-22-12-9-21-10-13-22)18-7-8-19-17(16-18)5-4-6-20(19)24-2/h4-6,18,21H,3,7-16H2,1-2H3/t18-/m0/s1. The van der Waals surface area contributed by atoms with Gasteiger partial charge in [-0.05, 0) is 49.4 Å². The lowest BCUT2D eigenvalue weighted by atomic mass is 9.86. The molecule has 0 aromatic heterocycles. The lowest BCUT2D eigenvalue weighted by Gasteiger charge is -2.37. The van der Waals surface area contributed by atoms with Gasteiger partial charge < -0.3 is 10.1 Å². The summed E-state index contributed by atoms with van der Waals surface area (Å²) in [7, 11) is 1.79. The highest BCUT2D eigenvalue weighted by Gasteiger charge is 2.26. The summed E-state index contributed by atoms with van der Waals surface area (Å²) in [4.78, 5) is 5.35. The van der Waals surface area contributed by atoms with Crippen LogP contribution in [0.25, 0.3) is 0 Å². The predicted molar refractivity (Wildman–Crippen MR) is 100.0 cm³/mol. The number of piperazine rings is 1. The number of ether oxygens (including phenoxy) is 1. The average Bonchev–Trinajstić information content (AvgIpc) is 2.65. The van der Waals surface area contributed by atoms with Gasteiger partial charge in [-0.25, -0.2) is 0 Å². The maximum atomic E-state index is 5.56. The lowest BCUT2D eigenvalue weighted by molar-refractivity contribution is 0.142. The fraction of sp³-hybridized carbons (Fsp3) is 0.700. The van der Waals surface area contributed by atoms with Gasteiger partial charge in [0, 0.05) is 45.3 Å². The number of methoxy groups -OCH3 is 1. The van der Waals surface area contributed by atoms with Crippen molar-refractivity contribution in [2.75, 3.05) is 52.9 Å². The normalized spacial score (nSPS) is 21.7. The van der Waals surface area contributed by atoms with Crippen LogP contribution in [0.4, 0.5) is 0 Å². The molecule has 0 unspecified atom stereocenters. The van der Waals surface area contributed by atoms with E-state index in [2.05, 4.69) is 40.2 Å². The SMILES string of the molecule is CCCN(CCN1CCNCC1)[C@H]1CCc2c(cccc2OC)C1. The zero-order valence-corrected chi connectivity index (χ0v) is 15.4. The molecule has 1 saturated heterocycles. The van der Waals surface area contributed by atoms with Crippen LogP contribution in [0.15, 0.2) is 18.2 Å². The second-order valence-electron chi connectivity index (χ2n) is 7.12. The minimum atomic E-state index is 0.687. The third-order valence-corrected chi connectivity index (χ3v) is 5.57. The number of hydrogen-bond donors (Lipinski definition) is 1. The molecule has 0 amide bonds. The van der Waals surface area contributed by atoms with Gasteiger partial charge in [0.1, 0.15) is 5.75 Å². The number of hydrogen-bond acceptors (Lipinski definition) is 4. The van der Waals surface area contributed by atoms with Crippen LogP contribution in [0, 0.1) is 0 Å². The maximum absolute atomic E-state index is 5.56. The van der Waals surface area contributed by atoms with Crippen molar-refractivity contribution < 1.29 is 4.74 Å². The van der Waals surface area contributed by atoms with Gasteiger partial charge in [-0.1, -0.05) is 19.1 Å². The van der Waals surface area contributed by atoms with E-state index in [1.54, 1.807) is 7.11 Å². The largest absolute Gasteiger partial charge is 0.496 e. The molecular weight excluding hydrogens is 298 g/mol. The highest BCUT2D eigenvalue weighted by atomic mass is 16.5. The van der Waals surface area contributed by atoms with E-state index in [0.717, 1.165) is 25.3 Å². The molecule has 1 aliphatic carbocycles. The molecule has 1 aliphatic heterocycles. The van der Waals surface area contributed by atoms with E-state index >= 15 is 0 Å². The van der Waals surface area contributed by atoms with Crippen LogP contribution in [-0.2, 0) is 12.8 Å². The molecule has 1 heterocycles. The summed E-state index contributed by atoms with van der Waals surface area (Å²) >= 11 is 0. The molecule has 24 heavy (non-hydrogen) atoms. The summed E-state index contributed by atoms with van der Waals surface area (Å²) in [5, 5.41) is 3.45. The highest BCUT2D eigenvalue weighted by molar-refractivity contribution is 5.42. The smallest absolute Gasteiger partial charge is 0.122 e. The average molecular weight is 332 g/mol. The molecular formula is C20H33N3O. The van der Waals surface area contributed by atoms with Crippen LogP contribution in [-0.4, -0.2) is 68.8 Å². The van der Waals surface area contributed by atoms with E-state index in [1.807, 2.05) is 0 Å². The van der Waals surface area contributed by atoms with Crippen molar-refractivity contribution in [3.05, 3.63) is 29.3 Å². The van der Waals surface area contributed by atoms with Crippen LogP contribution in [0.1, 0.15) is 30.9 Å². The minimum Gasteiger partial charge on any atom is -0.496 e. The van der Waals surface area contributed by atoms with Crippen molar-refractivity contribution in [3.8, 4) is 5.75 Å². The fourth-order valence-electron chi connectivity index (χ4n) is 4.22. The Hall–Kier alpha value is -1.10. The molecule has 1 fully saturated rings. The molecule has 134 valence electrons. The van der Waals surface area contributed by atoms with E-state index < -0.39 is 0 Å². The van der Waals surface area contributed by atoms with Crippen LogP contribution in [0.2, 0.25) is 0 Å². The number of benzene rings is 1. The molecule has 0 bridgehead atoms. The molecule has 4 nitrogen and oxygen atoms in total. The van der Waals surface area contributed by atoms with Gasteiger partial charge in [-0.3, -0.25) is 9.80 Å². The van der Waals surface area contributed by atoms with Crippen molar-refractivity contribution >= 4 is 0 Å². The molecule has 0 spiro atoms. The van der Waals surface area contributed by atoms with Gasteiger partial charge in [0.2, 0.25) is 0 Å². The van der Waals surface area contributed by atoms with E-state index in [1.165, 1.54) is 63.1 Å². The maximum Gasteiger partial charge on any atom is 0.122 e. The van der Waals surface area contributed by atoms with Crippen LogP contribution in [0.5, 0.6) is 5.75 Å². The first kappa shape index (κ1) is 17.7. The fourth-order valence-corrected chi connectivity index (χ4v) is 4.22. The quantitative estimate of drug-likeness (QED) is 0.829. The Morgan fingerprint density at radius 2 is 2.08 bits per heavy atom. The van der Waals surface area contributed by atoms with E-state index in [-0.39, 0.29) is 0 Å². The Kier molecular flexibility index (Phi) is 6.52. The third kappa shape index (κ3) is 4.29. The van der Waals surface area contributed by atoms with Gasteiger partial charge in [0.25, 0.3) is 0 Å². The lowest BCUT2D eigenvalue weighted by Crippen LogP contribution is -2.48. The first-order valence-electron chi connectivity index (χ1n) is 9.63. The predicted octanol–water partition coefficient (Wildman–Crippen LogP) is 2.17. The Morgan fingerprint density at radius 3 is 2.83 bits per heavy atom. The van der Waals surface area contributed by atoms with Gasteiger partial charge in [0.15, 0.2) is 0 Å². The molecule has 3 rings (SSSR count). The highest BCUT2D eigenvalue weighted by Crippen LogP contribution is 2.31. The molecule has 1 aromatic rings. The summed E-state index contributed by atoms with van der Waals surface area (Å²) in [5.74, 6) is 1.08. The van der Waals surface area contributed by atoms with Crippen molar-refractivity contribution in [2.24, 2.45) is 0 Å². The molecule has 2 aliphatic rings. The zero-order chi connectivity index (χ0) is 16.8. The van der Waals surface area contributed by atoms with Gasteiger partial charge in [-0.15, -0.1) is 0 Å². The Labute approximate surface area is 147 Å². The zero-order valence-electron chi connectivity index (χ0n) is 15.4. The summed E-state index contributed by atoms with van der Waals surface area (Å²) in [6, 6.07) is 7.23. The summed E-state index contributed by atoms with van der Waals surface area (Å²) in [6.45, 7) is 10.6. The summed E-state index contributed by atoms with van der Waals surface area (Å²) in [6.07, 6.45) is 4.82. The number of rotatable bonds is 7. The Balaban J connectivity index is 1.61. The third-order valence-electron chi connectivity index (χ3n) is 5.57. The van der Waals surface area contributed by atoms with Crippen molar-refractivity contribution in [2.45, 2.75) is 38.6 Å². The minimum absolute atomic E-state index is 0.687. The van der Waals surface area contributed by atoms with Crippen molar-refractivity contribution in [1.82, 2.24) is 15.1 Å². The van der Waals surface area contributed by atoms with Crippen LogP contribution >= 0.6 is 0 Å². The second kappa shape index (κ2) is 8.84. The van der Waals surface area contributed by atoms with E-state index in [0.29, 0.717) is 6.04 Å². The summed E-state index contributed by atoms with van der Waals surface area (Å²) in [5.41, 5.74) is 2.93. The molecule has 1 aromatic carbocycles. The Morgan fingerprint density at radius 1 is 1.25 bits per heavy atom. The molecule has 0 radical (unpaired) electrons. The van der Waals surface area contributed by atoms with Gasteiger partial charge in [0.05, 0.1) is 7.11 Å².